The summed E-state index contributed by atoms with van der Waals surface area (Å²) >= 11 is 5.90. The summed E-state index contributed by atoms with van der Waals surface area (Å²) in [7, 11) is 0. The number of carbonyl (C=O) groups is 1. The Balaban J connectivity index is 1.77. The first-order valence-corrected chi connectivity index (χ1v) is 8.35. The van der Waals surface area contributed by atoms with Gasteiger partial charge in [0.2, 0.25) is 0 Å². The standard InChI is InChI=1S/C20H18ClNO3/c1-3-24-17-10-8-16(9-11-17)22-20(23)18-12-19(25-13(18)2)14-4-6-15(21)7-5-14/h4-12H,3H2,1-2H3,(H,22,23). The van der Waals surface area contributed by atoms with Crippen LogP contribution in [-0.4, -0.2) is 12.5 Å². The molecule has 0 atom stereocenters. The average Bonchev–Trinajstić information content (AvgIpc) is 2.99. The van der Waals surface area contributed by atoms with Gasteiger partial charge in [-0.1, -0.05) is 11.6 Å². The fourth-order valence-corrected chi connectivity index (χ4v) is 2.59. The molecule has 0 bridgehead atoms. The van der Waals surface area contributed by atoms with E-state index in [9.17, 15) is 4.79 Å². The fraction of sp³-hybridized carbons (Fsp3) is 0.150. The second-order valence-corrected chi connectivity index (χ2v) is 5.94. The molecule has 1 amide bonds. The zero-order valence-electron chi connectivity index (χ0n) is 14.0. The molecule has 0 aliphatic carbocycles. The molecule has 25 heavy (non-hydrogen) atoms. The summed E-state index contributed by atoms with van der Waals surface area (Å²) in [6.07, 6.45) is 0. The fourth-order valence-electron chi connectivity index (χ4n) is 2.46. The van der Waals surface area contributed by atoms with Crippen molar-refractivity contribution in [1.82, 2.24) is 0 Å². The summed E-state index contributed by atoms with van der Waals surface area (Å²) in [5.74, 6) is 1.75. The molecule has 1 heterocycles. The lowest BCUT2D eigenvalue weighted by Crippen LogP contribution is -2.12. The predicted octanol–water partition coefficient (Wildman–Crippen LogP) is 5.56. The van der Waals surface area contributed by atoms with Crippen LogP contribution in [0.2, 0.25) is 5.02 Å². The Labute approximate surface area is 151 Å². The van der Waals surface area contributed by atoms with E-state index in [0.29, 0.717) is 34.4 Å². The summed E-state index contributed by atoms with van der Waals surface area (Å²) in [4.78, 5) is 12.5. The molecule has 128 valence electrons. The van der Waals surface area contributed by atoms with E-state index in [2.05, 4.69) is 5.32 Å². The Morgan fingerprint density at radius 1 is 1.12 bits per heavy atom. The number of rotatable bonds is 5. The van der Waals surface area contributed by atoms with Crippen LogP contribution < -0.4 is 10.1 Å². The molecule has 0 saturated heterocycles. The Hall–Kier alpha value is -2.72. The first-order valence-electron chi connectivity index (χ1n) is 7.97. The molecule has 0 aliphatic rings. The molecule has 2 aromatic carbocycles. The maximum Gasteiger partial charge on any atom is 0.259 e. The van der Waals surface area contributed by atoms with Crippen molar-refractivity contribution in [3.63, 3.8) is 0 Å². The number of benzene rings is 2. The third kappa shape index (κ3) is 4.03. The van der Waals surface area contributed by atoms with Gasteiger partial charge in [0, 0.05) is 16.3 Å². The Bertz CT molecular complexity index is 867. The number of furan rings is 1. The van der Waals surface area contributed by atoms with E-state index < -0.39 is 0 Å². The topological polar surface area (TPSA) is 51.5 Å². The molecule has 1 N–H and O–H groups in total. The molecule has 0 unspecified atom stereocenters. The van der Waals surface area contributed by atoms with E-state index in [4.69, 9.17) is 20.8 Å². The minimum atomic E-state index is -0.217. The molecule has 3 aromatic rings. The molecule has 0 aliphatic heterocycles. The van der Waals surface area contributed by atoms with Crippen molar-refractivity contribution in [3.05, 3.63) is 70.9 Å². The number of hydrogen-bond donors (Lipinski definition) is 1. The number of carbonyl (C=O) groups excluding carboxylic acids is 1. The average molecular weight is 356 g/mol. The van der Waals surface area contributed by atoms with Crippen LogP contribution >= 0.6 is 11.6 Å². The predicted molar refractivity (Wildman–Crippen MR) is 99.5 cm³/mol. The molecule has 0 radical (unpaired) electrons. The highest BCUT2D eigenvalue weighted by atomic mass is 35.5. The summed E-state index contributed by atoms with van der Waals surface area (Å²) in [5, 5.41) is 3.52. The highest BCUT2D eigenvalue weighted by Crippen LogP contribution is 2.27. The Kier molecular flexibility index (Phi) is 5.10. The lowest BCUT2D eigenvalue weighted by molar-refractivity contribution is 0.102. The molecule has 0 fully saturated rings. The van der Waals surface area contributed by atoms with Crippen molar-refractivity contribution in [2.24, 2.45) is 0 Å². The van der Waals surface area contributed by atoms with Crippen LogP contribution in [0.15, 0.2) is 59.0 Å². The molecule has 4 nitrogen and oxygen atoms in total. The van der Waals surface area contributed by atoms with Crippen molar-refractivity contribution >= 4 is 23.2 Å². The monoisotopic (exact) mass is 355 g/mol. The van der Waals surface area contributed by atoms with Gasteiger partial charge in [-0.3, -0.25) is 4.79 Å². The van der Waals surface area contributed by atoms with Gasteiger partial charge in [0.15, 0.2) is 0 Å². The van der Waals surface area contributed by atoms with Crippen LogP contribution in [0.25, 0.3) is 11.3 Å². The van der Waals surface area contributed by atoms with Crippen molar-refractivity contribution in [1.29, 1.82) is 0 Å². The molecule has 5 heteroatoms. The first-order chi connectivity index (χ1) is 12.1. The highest BCUT2D eigenvalue weighted by molar-refractivity contribution is 6.30. The summed E-state index contributed by atoms with van der Waals surface area (Å²) < 4.78 is 11.1. The van der Waals surface area contributed by atoms with Crippen LogP contribution in [0, 0.1) is 6.92 Å². The zero-order chi connectivity index (χ0) is 17.8. The van der Waals surface area contributed by atoms with E-state index in [1.165, 1.54) is 0 Å². The third-order valence-electron chi connectivity index (χ3n) is 3.71. The largest absolute Gasteiger partial charge is 0.494 e. The minimum Gasteiger partial charge on any atom is -0.494 e. The van der Waals surface area contributed by atoms with Crippen LogP contribution in [-0.2, 0) is 0 Å². The van der Waals surface area contributed by atoms with Gasteiger partial charge in [0.05, 0.1) is 12.2 Å². The minimum absolute atomic E-state index is 0.217. The number of aryl methyl sites for hydroxylation is 1. The van der Waals surface area contributed by atoms with E-state index in [0.717, 1.165) is 11.3 Å². The van der Waals surface area contributed by atoms with Crippen molar-refractivity contribution in [3.8, 4) is 17.1 Å². The molecular weight excluding hydrogens is 338 g/mol. The van der Waals surface area contributed by atoms with Gasteiger partial charge < -0.3 is 14.5 Å². The van der Waals surface area contributed by atoms with Gasteiger partial charge in [0.1, 0.15) is 17.3 Å². The number of halogens is 1. The smallest absolute Gasteiger partial charge is 0.259 e. The number of nitrogens with one attached hydrogen (secondary N) is 1. The van der Waals surface area contributed by atoms with Crippen LogP contribution in [0.3, 0.4) is 0 Å². The number of hydrogen-bond acceptors (Lipinski definition) is 3. The van der Waals surface area contributed by atoms with Gasteiger partial charge in [0.25, 0.3) is 5.91 Å². The second-order valence-electron chi connectivity index (χ2n) is 5.50. The lowest BCUT2D eigenvalue weighted by atomic mass is 10.1. The summed E-state index contributed by atoms with van der Waals surface area (Å²) in [5.41, 5.74) is 2.06. The lowest BCUT2D eigenvalue weighted by Gasteiger charge is -2.06. The van der Waals surface area contributed by atoms with E-state index in [1.54, 1.807) is 37.3 Å². The number of anilines is 1. The van der Waals surface area contributed by atoms with Gasteiger partial charge in [-0.15, -0.1) is 0 Å². The highest BCUT2D eigenvalue weighted by Gasteiger charge is 2.16. The van der Waals surface area contributed by atoms with Crippen molar-refractivity contribution < 1.29 is 13.9 Å². The van der Waals surface area contributed by atoms with Crippen molar-refractivity contribution in [2.75, 3.05) is 11.9 Å². The van der Waals surface area contributed by atoms with Crippen LogP contribution in [0.5, 0.6) is 5.75 Å². The summed E-state index contributed by atoms with van der Waals surface area (Å²) in [6.45, 7) is 4.30. The van der Waals surface area contributed by atoms with E-state index >= 15 is 0 Å². The number of amides is 1. The molecule has 0 saturated carbocycles. The molecule has 1 aromatic heterocycles. The van der Waals surface area contributed by atoms with E-state index in [-0.39, 0.29) is 5.91 Å². The Morgan fingerprint density at radius 2 is 1.80 bits per heavy atom. The van der Waals surface area contributed by atoms with Crippen molar-refractivity contribution in [2.45, 2.75) is 13.8 Å². The molecular formula is C20H18ClNO3. The Morgan fingerprint density at radius 3 is 2.44 bits per heavy atom. The van der Waals surface area contributed by atoms with Gasteiger partial charge >= 0.3 is 0 Å². The van der Waals surface area contributed by atoms with Crippen LogP contribution in [0.1, 0.15) is 23.0 Å². The molecule has 0 spiro atoms. The zero-order valence-corrected chi connectivity index (χ0v) is 14.8. The van der Waals surface area contributed by atoms with Gasteiger partial charge in [-0.2, -0.15) is 0 Å². The first kappa shape index (κ1) is 17.1. The SMILES string of the molecule is CCOc1ccc(NC(=O)c2cc(-c3ccc(Cl)cc3)oc2C)cc1. The van der Waals surface area contributed by atoms with Gasteiger partial charge in [-0.25, -0.2) is 0 Å². The van der Waals surface area contributed by atoms with Crippen LogP contribution in [0.4, 0.5) is 5.69 Å². The third-order valence-corrected chi connectivity index (χ3v) is 3.97. The number of ether oxygens (including phenoxy) is 1. The maximum absolute atomic E-state index is 12.5. The second kappa shape index (κ2) is 7.45. The maximum atomic E-state index is 12.5. The molecule has 3 rings (SSSR count). The normalized spacial score (nSPS) is 10.5. The quantitative estimate of drug-likeness (QED) is 0.651. The summed E-state index contributed by atoms with van der Waals surface area (Å²) in [6, 6.07) is 16.3. The van der Waals surface area contributed by atoms with Gasteiger partial charge in [-0.05, 0) is 68.4 Å². The van der Waals surface area contributed by atoms with E-state index in [1.807, 2.05) is 31.2 Å².